The first-order chi connectivity index (χ1) is 16.8. The van der Waals surface area contributed by atoms with E-state index in [-0.39, 0.29) is 28.2 Å². The fraction of sp³-hybridized carbons (Fsp3) is 0.421. The predicted molar refractivity (Wildman–Crippen MR) is 113 cm³/mol. The van der Waals surface area contributed by atoms with Crippen LogP contribution in [0, 0.1) is 0 Å². The van der Waals surface area contributed by atoms with Gasteiger partial charge in [-0.1, -0.05) is 11.6 Å². The van der Waals surface area contributed by atoms with E-state index < -0.39 is 74.2 Å². The Morgan fingerprint density at radius 3 is 2.11 bits per heavy atom. The molecule has 0 N–H and O–H groups in total. The van der Waals surface area contributed by atoms with E-state index >= 15 is 0 Å². The molecule has 1 heterocycles. The lowest BCUT2D eigenvalue weighted by Gasteiger charge is -2.33. The number of methoxy groups -OCH3 is 1. The lowest BCUT2D eigenvalue weighted by atomic mass is 10.1. The Kier molecular flexibility index (Phi) is 8.86. The molecule has 2 aromatic rings. The van der Waals surface area contributed by atoms with Crippen molar-refractivity contribution >= 4 is 45.1 Å². The molecule has 0 aliphatic rings. The lowest BCUT2D eigenvalue weighted by Crippen LogP contribution is -2.44. The maximum Gasteiger partial charge on any atom is 0.435 e. The topological polar surface area (TPSA) is 73.7 Å². The van der Waals surface area contributed by atoms with Crippen LogP contribution in [0.25, 0.3) is 0 Å². The van der Waals surface area contributed by atoms with Gasteiger partial charge in [-0.05, 0) is 35.0 Å². The van der Waals surface area contributed by atoms with Crippen molar-refractivity contribution in [2.24, 2.45) is 7.05 Å². The summed E-state index contributed by atoms with van der Waals surface area (Å²) in [6, 6.07) is -0.161. The first-order valence-electron chi connectivity index (χ1n) is 9.57. The number of alkyl halides is 9. The number of carbonyl (C=O) groups is 1. The fourth-order valence-corrected chi connectivity index (χ4v) is 3.90. The number of hydrogen-bond donors (Lipinski definition) is 0. The third-order valence-corrected chi connectivity index (χ3v) is 5.76. The van der Waals surface area contributed by atoms with Gasteiger partial charge in [-0.2, -0.15) is 39.5 Å². The first-order valence-corrected chi connectivity index (χ1v) is 10.7. The number of anilines is 2. The molecule has 1 aromatic heterocycles. The zero-order valence-corrected chi connectivity index (χ0v) is 20.9. The van der Waals surface area contributed by atoms with Crippen LogP contribution in [-0.2, 0) is 39.8 Å². The number of nitrogens with zero attached hydrogens (tertiary/aromatic N) is 3. The summed E-state index contributed by atoms with van der Waals surface area (Å²) in [5.74, 6) is -2.68. The molecule has 0 spiro atoms. The normalized spacial score (nSPS) is 13.5. The summed E-state index contributed by atoms with van der Waals surface area (Å²) in [5.41, 5.74) is -8.58. The number of rotatable bonds is 6. The van der Waals surface area contributed by atoms with Crippen molar-refractivity contribution in [2.75, 3.05) is 18.6 Å². The summed E-state index contributed by atoms with van der Waals surface area (Å²) in [6.45, 7) is 0.916. The van der Waals surface area contributed by atoms with Crippen molar-refractivity contribution in [3.8, 4) is 0 Å². The van der Waals surface area contributed by atoms with E-state index in [1.807, 2.05) is 0 Å². The molecule has 0 aliphatic carbocycles. The third kappa shape index (κ3) is 6.31. The van der Waals surface area contributed by atoms with Crippen LogP contribution in [0.5, 0.6) is 0 Å². The average molecular weight is 635 g/mol. The summed E-state index contributed by atoms with van der Waals surface area (Å²) in [5, 5.41) is -1.44. The number of benzene rings is 1. The molecule has 18 heteroatoms. The Morgan fingerprint density at radius 2 is 1.68 bits per heavy atom. The van der Waals surface area contributed by atoms with Crippen molar-refractivity contribution in [2.45, 2.75) is 31.7 Å². The molecule has 0 radical (unpaired) electrons. The highest BCUT2D eigenvalue weighted by Crippen LogP contribution is 2.46. The Balaban J connectivity index is 3.14. The minimum atomic E-state index is -5.41. The summed E-state index contributed by atoms with van der Waals surface area (Å²) < 4.78 is 131. The zero-order chi connectivity index (χ0) is 28.7. The number of esters is 1. The number of carbonyl (C=O) groups excluding carboxylic acids is 1. The van der Waals surface area contributed by atoms with Crippen molar-refractivity contribution in [3.05, 3.63) is 48.8 Å². The number of halogens is 11. The molecular formula is C19H14BrClF9N3O4. The van der Waals surface area contributed by atoms with Crippen molar-refractivity contribution in [3.63, 3.8) is 0 Å². The van der Waals surface area contributed by atoms with Gasteiger partial charge in [-0.15, -0.1) is 0 Å². The Hall–Kier alpha value is -2.53. The zero-order valence-electron chi connectivity index (χ0n) is 18.6. The summed E-state index contributed by atoms with van der Waals surface area (Å²) in [7, 11) is 1.53. The molecule has 1 unspecified atom stereocenters. The molecule has 206 valence electrons. The molecular weight excluding hydrogens is 621 g/mol. The molecule has 0 fully saturated rings. The smallest absolute Gasteiger partial charge is 0.435 e. The van der Waals surface area contributed by atoms with E-state index in [0.717, 1.165) is 14.2 Å². The van der Waals surface area contributed by atoms with Gasteiger partial charge < -0.3 is 9.47 Å². The molecule has 1 aromatic carbocycles. The maximum absolute atomic E-state index is 13.7. The van der Waals surface area contributed by atoms with Crippen LogP contribution >= 0.6 is 27.5 Å². The second-order valence-corrected chi connectivity index (χ2v) is 8.17. The van der Waals surface area contributed by atoms with Crippen LogP contribution in [0.2, 0.25) is 5.02 Å². The molecule has 7 nitrogen and oxygen atoms in total. The largest absolute Gasteiger partial charge is 0.463 e. The maximum atomic E-state index is 13.7. The van der Waals surface area contributed by atoms with Gasteiger partial charge in [0.1, 0.15) is 5.02 Å². The van der Waals surface area contributed by atoms with Crippen LogP contribution in [-0.4, -0.2) is 35.5 Å². The third-order valence-electron chi connectivity index (χ3n) is 4.59. The van der Waals surface area contributed by atoms with Crippen LogP contribution in [0.1, 0.15) is 23.7 Å². The van der Waals surface area contributed by atoms with Crippen molar-refractivity contribution in [1.29, 1.82) is 0 Å². The predicted octanol–water partition coefficient (Wildman–Crippen LogP) is 5.93. The lowest BCUT2D eigenvalue weighted by molar-refractivity contribution is -0.154. The minimum Gasteiger partial charge on any atom is -0.463 e. The van der Waals surface area contributed by atoms with E-state index in [1.54, 1.807) is 0 Å². The second kappa shape index (κ2) is 10.7. The summed E-state index contributed by atoms with van der Waals surface area (Å²) in [4.78, 5) is 28.3. The first kappa shape index (κ1) is 30.7. The molecule has 1 atom stereocenters. The van der Waals surface area contributed by atoms with E-state index in [9.17, 15) is 49.1 Å². The number of hydrogen-bond acceptors (Lipinski definition) is 6. The van der Waals surface area contributed by atoms with Gasteiger partial charge in [-0.25, -0.2) is 9.78 Å². The minimum absolute atomic E-state index is 0.0958. The molecule has 37 heavy (non-hydrogen) atoms. The van der Waals surface area contributed by atoms with E-state index in [1.165, 1.54) is 6.92 Å². The average Bonchev–Trinajstić information content (AvgIpc) is 2.74. The monoisotopic (exact) mass is 633 g/mol. The molecule has 0 saturated carbocycles. The van der Waals surface area contributed by atoms with Gasteiger partial charge in [0, 0.05) is 14.2 Å². The second-order valence-electron chi connectivity index (χ2n) is 7.00. The molecule has 0 aliphatic heterocycles. The van der Waals surface area contributed by atoms with Gasteiger partial charge in [0.05, 0.1) is 27.9 Å². The van der Waals surface area contributed by atoms with Gasteiger partial charge in [0.2, 0.25) is 12.2 Å². The van der Waals surface area contributed by atoms with E-state index in [2.05, 4.69) is 20.9 Å². The molecule has 0 amide bonds. The Bertz CT molecular complexity index is 1250. The van der Waals surface area contributed by atoms with E-state index in [0.29, 0.717) is 0 Å². The standard InChI is InChI=1S/C19H14BrClF9N3O4/c1-4-37-15(35)14(36-3)33(16-31-12(19(28,29)30)11(21)13(34)32(16)2)9-6-7(17(22,23)24)5-8(10(9)20)18(25,26)27/h5-6,14H,4H2,1-3H3. The summed E-state index contributed by atoms with van der Waals surface area (Å²) in [6.07, 6.45) is -18.5. The van der Waals surface area contributed by atoms with Crippen molar-refractivity contribution in [1.82, 2.24) is 9.55 Å². The molecule has 2 rings (SSSR count). The van der Waals surface area contributed by atoms with Crippen LogP contribution in [0.3, 0.4) is 0 Å². The van der Waals surface area contributed by atoms with Gasteiger partial charge >= 0.3 is 24.5 Å². The van der Waals surface area contributed by atoms with Crippen LogP contribution in [0.15, 0.2) is 21.4 Å². The Morgan fingerprint density at radius 1 is 1.11 bits per heavy atom. The quantitative estimate of drug-likeness (QED) is 0.223. The highest BCUT2D eigenvalue weighted by molar-refractivity contribution is 9.10. The number of aromatic nitrogens is 2. The van der Waals surface area contributed by atoms with Crippen molar-refractivity contribution < 1.29 is 53.8 Å². The van der Waals surface area contributed by atoms with Crippen LogP contribution in [0.4, 0.5) is 51.1 Å². The van der Waals surface area contributed by atoms with Gasteiger partial charge in [-0.3, -0.25) is 14.3 Å². The fourth-order valence-electron chi connectivity index (χ4n) is 2.98. The van der Waals surface area contributed by atoms with E-state index in [4.69, 9.17) is 21.1 Å². The Labute approximate surface area is 214 Å². The summed E-state index contributed by atoms with van der Waals surface area (Å²) >= 11 is 7.99. The SMILES string of the molecule is CCOC(=O)C(OC)N(c1cc(C(F)(F)F)cc(C(F)(F)F)c1Br)c1nc(C(F)(F)F)c(Cl)c(=O)n1C. The highest BCUT2D eigenvalue weighted by Gasteiger charge is 2.44. The molecule has 0 bridgehead atoms. The number of ether oxygens (including phenoxy) is 2. The van der Waals surface area contributed by atoms with Crippen LogP contribution < -0.4 is 10.5 Å². The van der Waals surface area contributed by atoms with Gasteiger partial charge in [0.25, 0.3) is 5.56 Å². The molecule has 0 saturated heterocycles. The van der Waals surface area contributed by atoms with Gasteiger partial charge in [0.15, 0.2) is 5.69 Å². The highest BCUT2D eigenvalue weighted by atomic mass is 79.9.